The Kier molecular flexibility index (Phi) is 3.39. The number of benzene rings is 1. The minimum atomic E-state index is -3.35. The van der Waals surface area contributed by atoms with Gasteiger partial charge < -0.3 is 5.11 Å². The molecular weight excluding hydrogens is 281 g/mol. The van der Waals surface area contributed by atoms with Crippen LogP contribution in [0.15, 0.2) is 18.2 Å². The van der Waals surface area contributed by atoms with Crippen molar-refractivity contribution >= 4 is 9.84 Å². The lowest BCUT2D eigenvalue weighted by Crippen LogP contribution is -2.43. The van der Waals surface area contributed by atoms with E-state index >= 15 is 0 Å². The van der Waals surface area contributed by atoms with Gasteiger partial charge in [0, 0.05) is 0 Å². The number of nitriles is 1. The van der Waals surface area contributed by atoms with Gasteiger partial charge in [0.1, 0.15) is 16.8 Å². The summed E-state index contributed by atoms with van der Waals surface area (Å²) in [6.45, 7) is 2.97. The first kappa shape index (κ1) is 14.9. The van der Waals surface area contributed by atoms with E-state index in [4.69, 9.17) is 0 Å². The highest BCUT2D eigenvalue weighted by Crippen LogP contribution is 2.47. The highest BCUT2D eigenvalue weighted by atomic mass is 32.2. The van der Waals surface area contributed by atoms with Gasteiger partial charge >= 0.3 is 0 Å². The number of hydrogen-bond donors (Lipinski definition) is 1. The lowest BCUT2D eigenvalue weighted by atomic mass is 9.70. The molecule has 4 nitrogen and oxygen atoms in total. The average molecular weight is 297 g/mol. The smallest absolute Gasteiger partial charge is 0.152 e. The first-order valence-electron chi connectivity index (χ1n) is 6.24. The third kappa shape index (κ3) is 2.21. The largest absolute Gasteiger partial charge is 0.384 e. The molecule has 0 aromatic heterocycles. The van der Waals surface area contributed by atoms with E-state index in [1.807, 2.05) is 6.07 Å². The van der Waals surface area contributed by atoms with Gasteiger partial charge in [0.15, 0.2) is 9.84 Å². The summed E-state index contributed by atoms with van der Waals surface area (Å²) >= 11 is 0. The maximum atomic E-state index is 13.7. The molecule has 1 fully saturated rings. The molecule has 1 aromatic rings. The van der Waals surface area contributed by atoms with Gasteiger partial charge in [-0.2, -0.15) is 5.26 Å². The Morgan fingerprint density at radius 1 is 1.50 bits per heavy atom. The van der Waals surface area contributed by atoms with Crippen LogP contribution in [0.2, 0.25) is 0 Å². The number of nitrogens with zero attached hydrogens (tertiary/aromatic N) is 1. The molecule has 1 heterocycles. The highest BCUT2D eigenvalue weighted by Gasteiger charge is 2.55. The van der Waals surface area contributed by atoms with E-state index in [-0.39, 0.29) is 17.7 Å². The van der Waals surface area contributed by atoms with Crippen LogP contribution in [-0.2, 0) is 15.4 Å². The van der Waals surface area contributed by atoms with Crippen molar-refractivity contribution in [1.29, 1.82) is 5.26 Å². The Hall–Kier alpha value is -1.45. The van der Waals surface area contributed by atoms with Crippen LogP contribution >= 0.6 is 0 Å². The van der Waals surface area contributed by atoms with Crippen molar-refractivity contribution in [2.24, 2.45) is 5.41 Å². The van der Waals surface area contributed by atoms with E-state index in [0.717, 1.165) is 0 Å². The number of rotatable bonds is 2. The molecule has 0 bridgehead atoms. The van der Waals surface area contributed by atoms with Crippen LogP contribution in [0.4, 0.5) is 4.39 Å². The standard InChI is InChI=1S/C14H16FNO3S/c1-10-3-4-11(7-12(10)15)13(2,17)14(8-16)5-6-20(18,19)9-14/h3-4,7,17H,5-6,9H2,1-2H3. The molecule has 1 N–H and O–H groups in total. The van der Waals surface area contributed by atoms with Crippen LogP contribution < -0.4 is 0 Å². The molecule has 2 atom stereocenters. The average Bonchev–Trinajstić information content (AvgIpc) is 2.70. The molecule has 0 amide bonds. The number of hydrogen-bond acceptors (Lipinski definition) is 4. The Balaban J connectivity index is 2.53. The minimum Gasteiger partial charge on any atom is -0.384 e. The summed E-state index contributed by atoms with van der Waals surface area (Å²) in [6.07, 6.45) is 0.0499. The summed E-state index contributed by atoms with van der Waals surface area (Å²) in [5.74, 6) is -1.03. The molecular formula is C14H16FNO3S. The van der Waals surface area contributed by atoms with Crippen molar-refractivity contribution in [2.45, 2.75) is 25.9 Å². The Labute approximate surface area is 117 Å². The van der Waals surface area contributed by atoms with Gasteiger partial charge in [-0.15, -0.1) is 0 Å². The van der Waals surface area contributed by atoms with Crippen LogP contribution in [-0.4, -0.2) is 25.0 Å². The summed E-state index contributed by atoms with van der Waals surface area (Å²) in [7, 11) is -3.35. The molecule has 2 rings (SSSR count). The molecule has 2 unspecified atom stereocenters. The quantitative estimate of drug-likeness (QED) is 0.900. The third-order valence-electron chi connectivity index (χ3n) is 4.19. The van der Waals surface area contributed by atoms with Gasteiger partial charge in [-0.05, 0) is 37.5 Å². The summed E-state index contributed by atoms with van der Waals surface area (Å²) in [5, 5.41) is 20.1. The van der Waals surface area contributed by atoms with Crippen LogP contribution in [0.5, 0.6) is 0 Å². The van der Waals surface area contributed by atoms with Crippen LogP contribution in [0, 0.1) is 29.5 Å². The van der Waals surface area contributed by atoms with Crippen molar-refractivity contribution in [1.82, 2.24) is 0 Å². The molecule has 1 aliphatic heterocycles. The summed E-state index contributed by atoms with van der Waals surface area (Å²) < 4.78 is 37.0. The van der Waals surface area contributed by atoms with E-state index in [9.17, 15) is 23.2 Å². The molecule has 20 heavy (non-hydrogen) atoms. The third-order valence-corrected chi connectivity index (χ3v) is 5.94. The Morgan fingerprint density at radius 3 is 2.60 bits per heavy atom. The number of aryl methyl sites for hydroxylation is 1. The molecule has 1 aliphatic rings. The zero-order valence-corrected chi connectivity index (χ0v) is 12.2. The summed E-state index contributed by atoms with van der Waals surface area (Å²) in [4.78, 5) is 0. The molecule has 6 heteroatoms. The van der Waals surface area contributed by atoms with Gasteiger partial charge in [0.05, 0.1) is 17.6 Å². The number of sulfone groups is 1. The van der Waals surface area contributed by atoms with E-state index in [1.165, 1.54) is 25.1 Å². The van der Waals surface area contributed by atoms with Gasteiger partial charge in [-0.3, -0.25) is 0 Å². The van der Waals surface area contributed by atoms with Gasteiger partial charge in [-0.25, -0.2) is 12.8 Å². The normalized spacial score (nSPS) is 27.8. The van der Waals surface area contributed by atoms with E-state index < -0.39 is 32.4 Å². The number of aliphatic hydroxyl groups is 1. The molecule has 0 spiro atoms. The monoisotopic (exact) mass is 297 g/mol. The van der Waals surface area contributed by atoms with Crippen molar-refractivity contribution < 1.29 is 17.9 Å². The van der Waals surface area contributed by atoms with Crippen molar-refractivity contribution in [3.8, 4) is 6.07 Å². The lowest BCUT2D eigenvalue weighted by Gasteiger charge is -2.36. The summed E-state index contributed by atoms with van der Waals surface area (Å²) in [6, 6.07) is 6.16. The first-order valence-corrected chi connectivity index (χ1v) is 8.06. The van der Waals surface area contributed by atoms with Crippen molar-refractivity contribution in [2.75, 3.05) is 11.5 Å². The fourth-order valence-corrected chi connectivity index (χ4v) is 4.65. The molecule has 0 radical (unpaired) electrons. The molecule has 0 aliphatic carbocycles. The fourth-order valence-electron chi connectivity index (χ4n) is 2.60. The second kappa shape index (κ2) is 4.54. The van der Waals surface area contributed by atoms with E-state index in [0.29, 0.717) is 5.56 Å². The van der Waals surface area contributed by atoms with Crippen molar-refractivity contribution in [3.63, 3.8) is 0 Å². The van der Waals surface area contributed by atoms with Crippen LogP contribution in [0.25, 0.3) is 0 Å². The fraction of sp³-hybridized carbons (Fsp3) is 0.500. The SMILES string of the molecule is Cc1ccc(C(C)(O)C2(C#N)CCS(=O)(=O)C2)cc1F. The zero-order valence-electron chi connectivity index (χ0n) is 11.4. The van der Waals surface area contributed by atoms with Crippen LogP contribution in [0.3, 0.4) is 0 Å². The molecule has 108 valence electrons. The molecule has 1 aromatic carbocycles. The van der Waals surface area contributed by atoms with Gasteiger partial charge in [0.25, 0.3) is 0 Å². The number of halogens is 1. The summed E-state index contributed by atoms with van der Waals surface area (Å²) in [5.41, 5.74) is -2.51. The highest BCUT2D eigenvalue weighted by molar-refractivity contribution is 7.91. The predicted octanol–water partition coefficient (Wildman–Crippen LogP) is 1.67. The molecule has 1 saturated heterocycles. The second-order valence-corrected chi connectivity index (χ2v) is 7.76. The van der Waals surface area contributed by atoms with Crippen molar-refractivity contribution in [3.05, 3.63) is 35.1 Å². The zero-order chi connectivity index (χ0) is 15.2. The maximum Gasteiger partial charge on any atom is 0.152 e. The minimum absolute atomic E-state index is 0.0499. The van der Waals surface area contributed by atoms with E-state index in [2.05, 4.69) is 0 Å². The lowest BCUT2D eigenvalue weighted by molar-refractivity contribution is -0.0325. The Morgan fingerprint density at radius 2 is 2.15 bits per heavy atom. The van der Waals surface area contributed by atoms with Gasteiger partial charge in [-0.1, -0.05) is 12.1 Å². The second-order valence-electron chi connectivity index (χ2n) is 5.57. The maximum absolute atomic E-state index is 13.7. The first-order chi connectivity index (χ1) is 9.13. The van der Waals surface area contributed by atoms with E-state index in [1.54, 1.807) is 6.92 Å². The van der Waals surface area contributed by atoms with Crippen LogP contribution in [0.1, 0.15) is 24.5 Å². The Bertz CT molecular complexity index is 691. The van der Waals surface area contributed by atoms with Gasteiger partial charge in [0.2, 0.25) is 0 Å². The predicted molar refractivity (Wildman–Crippen MR) is 72.0 cm³/mol. The topological polar surface area (TPSA) is 78.2 Å². The molecule has 0 saturated carbocycles.